The second-order valence-electron chi connectivity index (χ2n) is 9.06. The van der Waals surface area contributed by atoms with Crippen LogP contribution >= 0.6 is 0 Å². The Morgan fingerprint density at radius 3 is 2.16 bits per heavy atom. The number of hydrogen-bond donors (Lipinski definition) is 1. The lowest BCUT2D eigenvalue weighted by Crippen LogP contribution is -2.52. The number of nitrogens with one attached hydrogen (secondary N) is 1. The molecule has 0 bridgehead atoms. The van der Waals surface area contributed by atoms with E-state index >= 15 is 0 Å². The number of rotatable bonds is 11. The highest BCUT2D eigenvalue weighted by Crippen LogP contribution is 2.26. The zero-order valence-electron chi connectivity index (χ0n) is 22.1. The van der Waals surface area contributed by atoms with Crippen molar-refractivity contribution in [1.29, 1.82) is 0 Å². The SMILES string of the molecule is CCNC(=O)[C@@H](CC)N(Cc1ccc(F)cc1)C(=O)CN(c1ccc(C)c(C)c1)S(=O)(=O)c1ccccc1. The normalized spacial score (nSPS) is 12.0. The third kappa shape index (κ3) is 6.77. The fraction of sp³-hybridized carbons (Fsp3) is 0.310. The smallest absolute Gasteiger partial charge is 0.264 e. The zero-order chi connectivity index (χ0) is 27.9. The number of anilines is 1. The molecule has 1 atom stereocenters. The van der Waals surface area contributed by atoms with Crippen molar-refractivity contribution in [3.05, 3.63) is 95.3 Å². The third-order valence-electron chi connectivity index (χ3n) is 6.39. The number of nitrogens with zero attached hydrogens (tertiary/aromatic N) is 2. The van der Waals surface area contributed by atoms with Crippen molar-refractivity contribution in [2.45, 2.75) is 51.6 Å². The molecule has 3 rings (SSSR count). The largest absolute Gasteiger partial charge is 0.355 e. The topological polar surface area (TPSA) is 86.8 Å². The number of hydrogen-bond acceptors (Lipinski definition) is 4. The van der Waals surface area contributed by atoms with Crippen LogP contribution in [0.3, 0.4) is 0 Å². The number of halogens is 1. The molecule has 38 heavy (non-hydrogen) atoms. The van der Waals surface area contributed by atoms with Gasteiger partial charge in [-0.1, -0.05) is 43.3 Å². The summed E-state index contributed by atoms with van der Waals surface area (Å²) in [6.45, 7) is 7.24. The van der Waals surface area contributed by atoms with Gasteiger partial charge in [-0.2, -0.15) is 0 Å². The minimum atomic E-state index is -4.12. The molecule has 202 valence electrons. The van der Waals surface area contributed by atoms with E-state index in [-0.39, 0.29) is 17.3 Å². The maximum atomic E-state index is 13.9. The highest BCUT2D eigenvalue weighted by atomic mass is 32.2. The maximum Gasteiger partial charge on any atom is 0.264 e. The van der Waals surface area contributed by atoms with E-state index < -0.39 is 34.3 Å². The molecule has 9 heteroatoms. The summed E-state index contributed by atoms with van der Waals surface area (Å²) in [5, 5.41) is 2.76. The molecule has 0 saturated carbocycles. The molecular formula is C29H34FN3O4S. The Hall–Kier alpha value is -3.72. The van der Waals surface area contributed by atoms with Crippen LogP contribution in [0.2, 0.25) is 0 Å². The monoisotopic (exact) mass is 539 g/mol. The van der Waals surface area contributed by atoms with Crippen LogP contribution in [0.15, 0.2) is 77.7 Å². The average molecular weight is 540 g/mol. The first-order valence-corrected chi connectivity index (χ1v) is 14.0. The van der Waals surface area contributed by atoms with Gasteiger partial charge < -0.3 is 10.2 Å². The predicted molar refractivity (Wildman–Crippen MR) is 147 cm³/mol. The van der Waals surface area contributed by atoms with Crippen molar-refractivity contribution in [2.24, 2.45) is 0 Å². The van der Waals surface area contributed by atoms with Crippen LogP contribution in [0.4, 0.5) is 10.1 Å². The molecule has 0 spiro atoms. The molecule has 0 aromatic heterocycles. The zero-order valence-corrected chi connectivity index (χ0v) is 23.0. The Morgan fingerprint density at radius 2 is 1.58 bits per heavy atom. The minimum Gasteiger partial charge on any atom is -0.355 e. The van der Waals surface area contributed by atoms with Gasteiger partial charge in [-0.05, 0) is 80.3 Å². The molecule has 0 fully saturated rings. The third-order valence-corrected chi connectivity index (χ3v) is 8.18. The molecule has 0 aliphatic carbocycles. The van der Waals surface area contributed by atoms with Gasteiger partial charge in [0.25, 0.3) is 10.0 Å². The van der Waals surface area contributed by atoms with E-state index in [0.717, 1.165) is 15.4 Å². The van der Waals surface area contributed by atoms with E-state index in [1.54, 1.807) is 56.3 Å². The molecule has 1 N–H and O–H groups in total. The van der Waals surface area contributed by atoms with Crippen LogP contribution in [-0.4, -0.2) is 44.3 Å². The second kappa shape index (κ2) is 12.7. The van der Waals surface area contributed by atoms with Crippen molar-refractivity contribution in [3.8, 4) is 0 Å². The molecule has 0 unspecified atom stereocenters. The van der Waals surface area contributed by atoms with Crippen LogP contribution in [0.1, 0.15) is 37.0 Å². The molecule has 2 amide bonds. The summed E-state index contributed by atoms with van der Waals surface area (Å²) in [5.74, 6) is -1.31. The summed E-state index contributed by atoms with van der Waals surface area (Å²) in [5.41, 5.74) is 2.82. The molecular weight excluding hydrogens is 505 g/mol. The van der Waals surface area contributed by atoms with Gasteiger partial charge in [-0.15, -0.1) is 0 Å². The Morgan fingerprint density at radius 1 is 0.921 bits per heavy atom. The van der Waals surface area contributed by atoms with E-state index in [0.29, 0.717) is 24.2 Å². The van der Waals surface area contributed by atoms with Gasteiger partial charge in [0.05, 0.1) is 10.6 Å². The molecule has 0 radical (unpaired) electrons. The molecule has 0 saturated heterocycles. The van der Waals surface area contributed by atoms with Gasteiger partial charge in [0.2, 0.25) is 11.8 Å². The lowest BCUT2D eigenvalue weighted by Gasteiger charge is -2.33. The van der Waals surface area contributed by atoms with E-state index in [4.69, 9.17) is 0 Å². The number of likely N-dealkylation sites (N-methyl/N-ethyl adjacent to an activating group) is 1. The van der Waals surface area contributed by atoms with Crippen molar-refractivity contribution >= 4 is 27.5 Å². The second-order valence-corrected chi connectivity index (χ2v) is 10.9. The van der Waals surface area contributed by atoms with Gasteiger partial charge in [-0.3, -0.25) is 13.9 Å². The Bertz CT molecular complexity index is 1360. The van der Waals surface area contributed by atoms with Crippen LogP contribution in [0, 0.1) is 19.7 Å². The molecule has 3 aromatic rings. The number of carbonyl (C=O) groups is 2. The van der Waals surface area contributed by atoms with Crippen LogP contribution in [-0.2, 0) is 26.2 Å². The van der Waals surface area contributed by atoms with Crippen molar-refractivity contribution < 1.29 is 22.4 Å². The summed E-state index contributed by atoms with van der Waals surface area (Å²) in [4.78, 5) is 28.2. The van der Waals surface area contributed by atoms with Gasteiger partial charge in [0, 0.05) is 13.1 Å². The lowest BCUT2D eigenvalue weighted by molar-refractivity contribution is -0.140. The number of benzene rings is 3. The van der Waals surface area contributed by atoms with Crippen molar-refractivity contribution in [1.82, 2.24) is 10.2 Å². The van der Waals surface area contributed by atoms with E-state index in [1.165, 1.54) is 29.2 Å². The van der Waals surface area contributed by atoms with E-state index in [2.05, 4.69) is 5.32 Å². The Kier molecular flexibility index (Phi) is 9.63. The summed E-state index contributed by atoms with van der Waals surface area (Å²) in [6.07, 6.45) is 0.313. The number of aryl methyl sites for hydroxylation is 2. The quantitative estimate of drug-likeness (QED) is 0.387. The minimum absolute atomic E-state index is 0.0148. The molecule has 3 aromatic carbocycles. The molecule has 0 heterocycles. The summed E-state index contributed by atoms with van der Waals surface area (Å²) in [7, 11) is -4.12. The first-order chi connectivity index (χ1) is 18.1. The number of sulfonamides is 1. The number of carbonyl (C=O) groups excluding carboxylic acids is 2. The Labute approximate surface area is 224 Å². The van der Waals surface area contributed by atoms with Crippen LogP contribution < -0.4 is 9.62 Å². The Balaban J connectivity index is 2.06. The molecule has 0 aliphatic rings. The highest BCUT2D eigenvalue weighted by Gasteiger charge is 2.33. The maximum absolute atomic E-state index is 13.9. The van der Waals surface area contributed by atoms with E-state index in [9.17, 15) is 22.4 Å². The van der Waals surface area contributed by atoms with Gasteiger partial charge in [0.1, 0.15) is 18.4 Å². The summed E-state index contributed by atoms with van der Waals surface area (Å²) < 4.78 is 42.2. The van der Waals surface area contributed by atoms with Gasteiger partial charge in [-0.25, -0.2) is 12.8 Å². The van der Waals surface area contributed by atoms with Crippen LogP contribution in [0.5, 0.6) is 0 Å². The van der Waals surface area contributed by atoms with E-state index in [1.807, 2.05) is 19.9 Å². The van der Waals surface area contributed by atoms with Gasteiger partial charge in [0.15, 0.2) is 0 Å². The highest BCUT2D eigenvalue weighted by molar-refractivity contribution is 7.92. The average Bonchev–Trinajstić information content (AvgIpc) is 2.90. The van der Waals surface area contributed by atoms with Crippen LogP contribution in [0.25, 0.3) is 0 Å². The molecule has 0 aliphatic heterocycles. The summed E-state index contributed by atoms with van der Waals surface area (Å²) in [6, 6.07) is 17.9. The van der Waals surface area contributed by atoms with Gasteiger partial charge >= 0.3 is 0 Å². The van der Waals surface area contributed by atoms with Crippen molar-refractivity contribution in [3.63, 3.8) is 0 Å². The lowest BCUT2D eigenvalue weighted by atomic mass is 10.1. The predicted octanol–water partition coefficient (Wildman–Crippen LogP) is 4.58. The van der Waals surface area contributed by atoms with Crippen molar-refractivity contribution in [2.75, 3.05) is 17.4 Å². The fourth-order valence-corrected chi connectivity index (χ4v) is 5.55. The first kappa shape index (κ1) is 28.8. The number of amides is 2. The summed E-state index contributed by atoms with van der Waals surface area (Å²) >= 11 is 0. The first-order valence-electron chi connectivity index (χ1n) is 12.5. The fourth-order valence-electron chi connectivity index (χ4n) is 4.13. The standard InChI is InChI=1S/C29H34FN3O4S/c1-5-27(29(35)31-6-2)32(19-23-13-15-24(30)16-14-23)28(34)20-33(25-17-12-21(3)22(4)18-25)38(36,37)26-10-8-7-9-11-26/h7-18,27H,5-6,19-20H2,1-4H3,(H,31,35)/t27-/m1/s1. The molecule has 7 nitrogen and oxygen atoms in total.